The number of aliphatic imine (C=N–C) groups is 1. The van der Waals surface area contributed by atoms with Crippen molar-refractivity contribution in [2.45, 2.75) is 46.5 Å². The van der Waals surface area contributed by atoms with E-state index in [1.54, 1.807) is 0 Å². The van der Waals surface area contributed by atoms with Crippen LogP contribution >= 0.6 is 0 Å². The van der Waals surface area contributed by atoms with Crippen molar-refractivity contribution in [3.8, 4) is 16.8 Å². The number of hydrogen-bond donors (Lipinski definition) is 0. The lowest BCUT2D eigenvalue weighted by atomic mass is 9.90. The Morgan fingerprint density at radius 1 is 0.719 bits per heavy atom. The summed E-state index contributed by atoms with van der Waals surface area (Å²) in [6.45, 7) is 11.4. The Bertz CT molecular complexity index is 2640. The fourth-order valence-corrected chi connectivity index (χ4v) is 7.89. The molecule has 6 aromatic carbocycles. The zero-order valence-corrected chi connectivity index (χ0v) is 33.3. The number of fused-ring (bicyclic) bond motifs is 3. The lowest BCUT2D eigenvalue weighted by Crippen LogP contribution is -2.15. The van der Waals surface area contributed by atoms with Crippen molar-refractivity contribution in [3.63, 3.8) is 0 Å². The van der Waals surface area contributed by atoms with Crippen LogP contribution in [-0.2, 0) is 6.42 Å². The van der Waals surface area contributed by atoms with Gasteiger partial charge in [-0.1, -0.05) is 154 Å². The van der Waals surface area contributed by atoms with Crippen molar-refractivity contribution in [2.24, 2.45) is 10.9 Å². The van der Waals surface area contributed by atoms with Crippen LogP contribution in [0.1, 0.15) is 62.3 Å². The van der Waals surface area contributed by atoms with E-state index < -0.39 is 0 Å². The van der Waals surface area contributed by atoms with Crippen LogP contribution in [0, 0.1) is 5.92 Å². The van der Waals surface area contributed by atoms with Crippen molar-refractivity contribution < 1.29 is 0 Å². The summed E-state index contributed by atoms with van der Waals surface area (Å²) in [7, 11) is 0. The molecule has 0 radical (unpaired) electrons. The summed E-state index contributed by atoms with van der Waals surface area (Å²) >= 11 is 0. The zero-order chi connectivity index (χ0) is 39.1. The minimum absolute atomic E-state index is 0.305. The molecule has 0 fully saturated rings. The van der Waals surface area contributed by atoms with E-state index in [-0.39, 0.29) is 0 Å². The average Bonchev–Trinajstić information content (AvgIpc) is 3.62. The number of rotatable bonds is 12. The van der Waals surface area contributed by atoms with Crippen LogP contribution in [0.5, 0.6) is 0 Å². The van der Waals surface area contributed by atoms with Crippen LogP contribution in [0.25, 0.3) is 55.5 Å². The fraction of sp³-hybridized carbons (Fsp3) is 0.145. The molecular weight excluding hydrogens is 689 g/mol. The maximum Gasteiger partial charge on any atom is 0.0711 e. The van der Waals surface area contributed by atoms with Gasteiger partial charge in [0.25, 0.3) is 0 Å². The van der Waals surface area contributed by atoms with Crippen molar-refractivity contribution in [1.82, 2.24) is 4.57 Å². The second-order valence-electron chi connectivity index (χ2n) is 15.2. The summed E-state index contributed by atoms with van der Waals surface area (Å²) in [6, 6.07) is 54.6. The minimum atomic E-state index is 0.305. The van der Waals surface area contributed by atoms with Gasteiger partial charge in [-0.2, -0.15) is 0 Å². The van der Waals surface area contributed by atoms with Gasteiger partial charge in [0.05, 0.1) is 16.7 Å². The van der Waals surface area contributed by atoms with Crippen molar-refractivity contribution in [1.29, 1.82) is 0 Å². The molecule has 1 aromatic heterocycles. The first kappa shape index (κ1) is 37.4. The van der Waals surface area contributed by atoms with Gasteiger partial charge in [-0.25, -0.2) is 0 Å². The van der Waals surface area contributed by atoms with E-state index in [2.05, 4.69) is 214 Å². The number of benzene rings is 6. The molecule has 2 heteroatoms. The molecule has 57 heavy (non-hydrogen) atoms. The SMILES string of the molecule is C=C(/C=C(\N=C(C1=CC=CCC1)C(C)CC)c1cc(/C(C)=C/Cc2ccccc2)cc(-c2ccc(-n3c4ccccc4c4ccccc43)cc2)c1)c1ccccc1. The molecule has 0 bridgehead atoms. The topological polar surface area (TPSA) is 17.3 Å². The van der Waals surface area contributed by atoms with Gasteiger partial charge < -0.3 is 4.57 Å². The molecular formula is C55H50N2. The molecule has 2 nitrogen and oxygen atoms in total. The molecule has 7 aromatic rings. The van der Waals surface area contributed by atoms with Crippen LogP contribution in [0.15, 0.2) is 199 Å². The largest absolute Gasteiger partial charge is 0.309 e. The Labute approximate surface area is 338 Å². The predicted octanol–water partition coefficient (Wildman–Crippen LogP) is 14.9. The van der Waals surface area contributed by atoms with E-state index >= 15 is 0 Å². The lowest BCUT2D eigenvalue weighted by Gasteiger charge is -2.20. The summed E-state index contributed by atoms with van der Waals surface area (Å²) in [5.41, 5.74) is 16.1. The lowest BCUT2D eigenvalue weighted by molar-refractivity contribution is 0.734. The molecule has 1 aliphatic rings. The maximum atomic E-state index is 5.63. The highest BCUT2D eigenvalue weighted by molar-refractivity contribution is 6.09. The fourth-order valence-electron chi connectivity index (χ4n) is 7.89. The zero-order valence-electron chi connectivity index (χ0n) is 33.3. The molecule has 0 saturated carbocycles. The first-order valence-corrected chi connectivity index (χ1v) is 20.3. The van der Waals surface area contributed by atoms with Crippen LogP contribution in [0.2, 0.25) is 0 Å². The number of allylic oxidation sites excluding steroid dienone is 8. The molecule has 1 heterocycles. The van der Waals surface area contributed by atoms with Gasteiger partial charge in [-0.05, 0) is 132 Å². The molecule has 1 atom stereocenters. The van der Waals surface area contributed by atoms with E-state index in [4.69, 9.17) is 4.99 Å². The van der Waals surface area contributed by atoms with Crippen LogP contribution in [-0.4, -0.2) is 10.3 Å². The van der Waals surface area contributed by atoms with Gasteiger partial charge in [-0.3, -0.25) is 4.99 Å². The van der Waals surface area contributed by atoms with Crippen LogP contribution < -0.4 is 0 Å². The first-order valence-electron chi connectivity index (χ1n) is 20.3. The van der Waals surface area contributed by atoms with Gasteiger partial charge in [0.15, 0.2) is 0 Å². The van der Waals surface area contributed by atoms with Crippen LogP contribution in [0.3, 0.4) is 0 Å². The van der Waals surface area contributed by atoms with Gasteiger partial charge in [0.1, 0.15) is 0 Å². The predicted molar refractivity (Wildman–Crippen MR) is 247 cm³/mol. The molecule has 1 unspecified atom stereocenters. The summed E-state index contributed by atoms with van der Waals surface area (Å²) in [6.07, 6.45) is 15.1. The second-order valence-corrected chi connectivity index (χ2v) is 15.2. The second kappa shape index (κ2) is 17.1. The van der Waals surface area contributed by atoms with Crippen molar-refractivity contribution in [2.75, 3.05) is 0 Å². The Morgan fingerprint density at radius 3 is 2.00 bits per heavy atom. The van der Waals surface area contributed by atoms with E-state index in [1.165, 1.54) is 44.1 Å². The third-order valence-corrected chi connectivity index (χ3v) is 11.3. The summed E-state index contributed by atoms with van der Waals surface area (Å²) < 4.78 is 2.38. The smallest absolute Gasteiger partial charge is 0.0711 e. The number of aromatic nitrogens is 1. The molecule has 8 rings (SSSR count). The van der Waals surface area contributed by atoms with Gasteiger partial charge in [0, 0.05) is 27.7 Å². The normalized spacial score (nSPS) is 14.2. The summed E-state index contributed by atoms with van der Waals surface area (Å²) in [5.74, 6) is 0.305. The number of para-hydroxylation sites is 2. The van der Waals surface area contributed by atoms with Crippen molar-refractivity contribution in [3.05, 3.63) is 216 Å². The maximum absolute atomic E-state index is 5.63. The summed E-state index contributed by atoms with van der Waals surface area (Å²) in [5, 5.41) is 2.53. The highest BCUT2D eigenvalue weighted by Crippen LogP contribution is 2.36. The van der Waals surface area contributed by atoms with E-state index in [1.807, 2.05) is 0 Å². The summed E-state index contributed by atoms with van der Waals surface area (Å²) in [4.78, 5) is 5.63. The molecule has 0 N–H and O–H groups in total. The van der Waals surface area contributed by atoms with E-state index in [9.17, 15) is 0 Å². The van der Waals surface area contributed by atoms with E-state index in [0.29, 0.717) is 5.92 Å². The Balaban J connectivity index is 1.29. The highest BCUT2D eigenvalue weighted by Gasteiger charge is 2.18. The van der Waals surface area contributed by atoms with Gasteiger partial charge in [0.2, 0.25) is 0 Å². The third-order valence-electron chi connectivity index (χ3n) is 11.3. The molecule has 1 aliphatic carbocycles. The van der Waals surface area contributed by atoms with Crippen LogP contribution in [0.4, 0.5) is 0 Å². The third kappa shape index (κ3) is 8.23. The highest BCUT2D eigenvalue weighted by atomic mass is 15.0. The van der Waals surface area contributed by atoms with Gasteiger partial charge in [-0.15, -0.1) is 0 Å². The Kier molecular flexibility index (Phi) is 11.2. The van der Waals surface area contributed by atoms with Gasteiger partial charge >= 0.3 is 0 Å². The molecule has 0 saturated heterocycles. The number of hydrogen-bond acceptors (Lipinski definition) is 1. The Morgan fingerprint density at radius 2 is 1.35 bits per heavy atom. The average molecular weight is 739 g/mol. The standard InChI is InChI=1S/C55H50N2/c1-5-39(2)55(45-23-13-8-14-24-45)56-52(35-41(4)43-21-11-7-12-22-43)48-37-46(40(3)29-30-42-19-9-6-10-20-42)36-47(38-48)44-31-33-49(34-32-44)57-53-27-17-15-25-50(53)51-26-16-18-28-54(51)57/h6-13,15-23,25-29,31-39H,4-5,14,24,30H2,1-3H3/b40-29+,52-35-,56-55?. The molecule has 0 amide bonds. The minimum Gasteiger partial charge on any atom is -0.309 e. The first-order chi connectivity index (χ1) is 28.0. The monoisotopic (exact) mass is 738 g/mol. The van der Waals surface area contributed by atoms with Crippen molar-refractivity contribution >= 4 is 44.4 Å². The molecule has 0 aliphatic heterocycles. The Hall–Kier alpha value is -6.51. The molecule has 280 valence electrons. The van der Waals surface area contributed by atoms with E-state index in [0.717, 1.165) is 70.6 Å². The quantitative estimate of drug-likeness (QED) is 0.0877. The number of nitrogens with zero attached hydrogens (tertiary/aromatic N) is 2. The molecule has 0 spiro atoms.